The quantitative estimate of drug-likeness (QED) is 0.265. The summed E-state index contributed by atoms with van der Waals surface area (Å²) in [6.07, 6.45) is 3.31. The predicted molar refractivity (Wildman–Crippen MR) is 138 cm³/mol. The molecular weight excluding hydrogens is 521 g/mol. The van der Waals surface area contributed by atoms with E-state index in [1.165, 1.54) is 23.6 Å². The molecule has 0 saturated heterocycles. The van der Waals surface area contributed by atoms with Crippen LogP contribution in [0.1, 0.15) is 33.7 Å². The second kappa shape index (κ2) is 10.4. The minimum Gasteiger partial charge on any atom is -0.495 e. The first-order chi connectivity index (χ1) is 18.0. The van der Waals surface area contributed by atoms with Crippen molar-refractivity contribution < 1.29 is 14.2 Å². The number of fused-ring (bicyclic) bond motifs is 1. The van der Waals surface area contributed by atoms with Crippen LogP contribution < -0.4 is 20.8 Å². The number of hydrogen-bond acceptors (Lipinski definition) is 10. The van der Waals surface area contributed by atoms with Gasteiger partial charge in [-0.15, -0.1) is 5.10 Å². The van der Waals surface area contributed by atoms with Gasteiger partial charge in [0, 0.05) is 22.8 Å². The number of hydrazone groups is 1. The van der Waals surface area contributed by atoms with Gasteiger partial charge in [-0.25, -0.2) is 10.1 Å². The van der Waals surface area contributed by atoms with E-state index in [2.05, 4.69) is 42.1 Å². The third kappa shape index (κ3) is 4.93. The van der Waals surface area contributed by atoms with E-state index in [4.69, 9.17) is 38.3 Å². The van der Waals surface area contributed by atoms with Crippen LogP contribution in [0.15, 0.2) is 46.1 Å². The summed E-state index contributed by atoms with van der Waals surface area (Å²) in [6, 6.07) is 11.3. The number of benzene rings is 2. The Morgan fingerprint density at radius 1 is 1.30 bits per heavy atom. The van der Waals surface area contributed by atoms with Gasteiger partial charge in [0.05, 0.1) is 30.6 Å². The Morgan fingerprint density at radius 2 is 2.14 bits per heavy atom. The number of rotatable bonds is 7. The van der Waals surface area contributed by atoms with Crippen LogP contribution in [0.3, 0.4) is 0 Å². The van der Waals surface area contributed by atoms with Crippen molar-refractivity contribution in [3.8, 4) is 11.6 Å². The molecule has 190 valence electrons. The third-order valence-electron chi connectivity index (χ3n) is 5.83. The number of ether oxygens (including phenoxy) is 1. The number of anilines is 2. The Hall–Kier alpha value is -4.16. The van der Waals surface area contributed by atoms with Crippen LogP contribution in [-0.4, -0.2) is 51.1 Å². The fourth-order valence-electron chi connectivity index (χ4n) is 4.19. The van der Waals surface area contributed by atoms with E-state index in [-0.39, 0.29) is 17.3 Å². The van der Waals surface area contributed by atoms with E-state index in [9.17, 15) is 4.79 Å². The lowest BCUT2D eigenvalue weighted by atomic mass is 10.0. The van der Waals surface area contributed by atoms with Gasteiger partial charge in [-0.05, 0) is 46.9 Å². The molecule has 0 atom stereocenters. The third-order valence-corrected chi connectivity index (χ3v) is 6.33. The highest BCUT2D eigenvalue weighted by Gasteiger charge is 2.27. The summed E-state index contributed by atoms with van der Waals surface area (Å²) in [6.45, 7) is 1.09. The Kier molecular flexibility index (Phi) is 6.93. The topological polar surface area (TPSA) is 150 Å². The lowest BCUT2D eigenvalue weighted by molar-refractivity contribution is 0.0949. The fourth-order valence-corrected chi connectivity index (χ4v) is 4.78. The highest BCUT2D eigenvalue weighted by molar-refractivity contribution is 6.36. The molecule has 5 rings (SSSR count). The molecule has 0 fully saturated rings. The highest BCUT2D eigenvalue weighted by atomic mass is 35.5. The second-order valence-corrected chi connectivity index (χ2v) is 8.98. The van der Waals surface area contributed by atoms with Crippen LogP contribution >= 0.6 is 23.2 Å². The van der Waals surface area contributed by atoms with Crippen molar-refractivity contribution >= 4 is 46.8 Å². The molecule has 0 unspecified atom stereocenters. The number of hydrogen-bond donors (Lipinski definition) is 2. The summed E-state index contributed by atoms with van der Waals surface area (Å²) >= 11 is 12.3. The molecule has 12 nitrogen and oxygen atoms in total. The second-order valence-electron chi connectivity index (χ2n) is 8.13. The van der Waals surface area contributed by atoms with Crippen molar-refractivity contribution in [1.82, 2.24) is 30.7 Å². The normalized spacial score (nSPS) is 13.1. The van der Waals surface area contributed by atoms with Gasteiger partial charge in [-0.2, -0.15) is 9.78 Å². The highest BCUT2D eigenvalue weighted by Crippen LogP contribution is 2.31. The van der Waals surface area contributed by atoms with Crippen LogP contribution in [-0.2, 0) is 13.0 Å². The standard InChI is InChI=1S/C23H21Cl2N9O3/c1-36-20-14(9-15(24)10-16(20)25)11-27-29-23(35)19-18(34(32-28-19)22-21(26)30-37-31-22)12-33-8-4-6-13-5-2-3-7-17(13)33/h2-3,5,7,9-11H,4,6,8,12H2,1H3,(H2,26,30)(H,29,35)/b27-11+. The molecule has 3 N–H and O–H groups in total. The molecule has 1 aliphatic heterocycles. The summed E-state index contributed by atoms with van der Waals surface area (Å²) < 4.78 is 11.4. The van der Waals surface area contributed by atoms with E-state index in [0.717, 1.165) is 25.1 Å². The average Bonchev–Trinajstić information content (AvgIpc) is 3.49. The van der Waals surface area contributed by atoms with Gasteiger partial charge in [0.15, 0.2) is 5.69 Å². The number of aromatic nitrogens is 5. The summed E-state index contributed by atoms with van der Waals surface area (Å²) in [7, 11) is 1.47. The molecule has 2 aromatic heterocycles. The van der Waals surface area contributed by atoms with Crippen LogP contribution in [0.2, 0.25) is 10.0 Å². The van der Waals surface area contributed by atoms with Crippen molar-refractivity contribution in [2.24, 2.45) is 5.10 Å². The van der Waals surface area contributed by atoms with Gasteiger partial charge in [-0.3, -0.25) is 4.79 Å². The predicted octanol–water partition coefficient (Wildman–Crippen LogP) is 3.26. The smallest absolute Gasteiger partial charge is 0.293 e. The maximum atomic E-state index is 13.2. The van der Waals surface area contributed by atoms with E-state index in [1.54, 1.807) is 12.1 Å². The first kappa shape index (κ1) is 24.5. The number of para-hydroxylation sites is 1. The van der Waals surface area contributed by atoms with Gasteiger partial charge < -0.3 is 15.4 Å². The molecule has 0 saturated carbocycles. The summed E-state index contributed by atoms with van der Waals surface area (Å²) in [5, 5.41) is 20.4. The molecule has 3 heterocycles. The minimum absolute atomic E-state index is 0.0140. The lowest BCUT2D eigenvalue weighted by Crippen LogP contribution is -2.31. The molecule has 0 aliphatic carbocycles. The molecule has 14 heteroatoms. The van der Waals surface area contributed by atoms with Crippen molar-refractivity contribution in [2.45, 2.75) is 19.4 Å². The number of nitrogen functional groups attached to an aromatic ring is 1. The molecule has 0 spiro atoms. The zero-order chi connectivity index (χ0) is 25.9. The molecule has 1 amide bonds. The molecule has 1 aliphatic rings. The largest absolute Gasteiger partial charge is 0.495 e. The van der Waals surface area contributed by atoms with Gasteiger partial charge in [0.1, 0.15) is 5.75 Å². The number of amides is 1. The first-order valence-corrected chi connectivity index (χ1v) is 11.9. The summed E-state index contributed by atoms with van der Waals surface area (Å²) in [5.41, 5.74) is 11.6. The SMILES string of the molecule is COc1c(Cl)cc(Cl)cc1/C=N/NC(=O)c1nnn(-c2nonc2N)c1CN1CCCc2ccccc21. The van der Waals surface area contributed by atoms with E-state index >= 15 is 0 Å². The van der Waals surface area contributed by atoms with Crippen LogP contribution in [0, 0.1) is 0 Å². The number of carbonyl (C=O) groups is 1. The number of nitrogens with one attached hydrogen (secondary N) is 1. The lowest BCUT2D eigenvalue weighted by Gasteiger charge is -2.31. The van der Waals surface area contributed by atoms with E-state index in [1.807, 2.05) is 18.2 Å². The molecular formula is C23H21Cl2N9O3. The molecule has 37 heavy (non-hydrogen) atoms. The molecule has 0 radical (unpaired) electrons. The van der Waals surface area contributed by atoms with Crippen LogP contribution in [0.25, 0.3) is 5.82 Å². The maximum Gasteiger partial charge on any atom is 0.293 e. The minimum atomic E-state index is -0.593. The number of nitrogens with zero attached hydrogens (tertiary/aromatic N) is 7. The number of carbonyl (C=O) groups excluding carboxylic acids is 1. The first-order valence-electron chi connectivity index (χ1n) is 11.2. The van der Waals surface area contributed by atoms with Gasteiger partial charge in [0.25, 0.3) is 5.91 Å². The summed E-state index contributed by atoms with van der Waals surface area (Å²) in [4.78, 5) is 15.3. The maximum absolute atomic E-state index is 13.2. The molecule has 0 bridgehead atoms. The number of methoxy groups -OCH3 is 1. The monoisotopic (exact) mass is 541 g/mol. The van der Waals surface area contributed by atoms with Crippen molar-refractivity contribution in [2.75, 3.05) is 24.3 Å². The molecule has 4 aromatic rings. The van der Waals surface area contributed by atoms with Gasteiger partial charge in [-0.1, -0.05) is 46.6 Å². The number of nitrogens with two attached hydrogens (primary N) is 1. The average molecular weight is 542 g/mol. The Balaban J connectivity index is 1.46. The van der Waals surface area contributed by atoms with E-state index < -0.39 is 5.91 Å². The van der Waals surface area contributed by atoms with Crippen molar-refractivity contribution in [3.05, 3.63) is 69.0 Å². The van der Waals surface area contributed by atoms with Crippen LogP contribution in [0.4, 0.5) is 11.5 Å². The zero-order valence-electron chi connectivity index (χ0n) is 19.6. The van der Waals surface area contributed by atoms with Crippen molar-refractivity contribution in [3.63, 3.8) is 0 Å². The van der Waals surface area contributed by atoms with Crippen molar-refractivity contribution in [1.29, 1.82) is 0 Å². The Labute approximate surface area is 220 Å². The van der Waals surface area contributed by atoms with Gasteiger partial charge in [0.2, 0.25) is 11.6 Å². The Bertz CT molecular complexity index is 1480. The Morgan fingerprint density at radius 3 is 2.92 bits per heavy atom. The molecule has 2 aromatic carbocycles. The van der Waals surface area contributed by atoms with E-state index in [0.29, 0.717) is 33.6 Å². The zero-order valence-corrected chi connectivity index (χ0v) is 21.1. The fraction of sp³-hybridized carbons (Fsp3) is 0.217. The summed E-state index contributed by atoms with van der Waals surface area (Å²) in [5.74, 6) is -0.0767. The van der Waals surface area contributed by atoms with Crippen LogP contribution in [0.5, 0.6) is 5.75 Å². The number of halogens is 2. The van der Waals surface area contributed by atoms with Gasteiger partial charge >= 0.3 is 0 Å². The number of aryl methyl sites for hydroxylation is 1.